The molecule has 1 N–H and O–H groups in total. The molecule has 0 aliphatic heterocycles. The summed E-state index contributed by atoms with van der Waals surface area (Å²) in [7, 11) is 0. The highest BCUT2D eigenvalue weighted by Crippen LogP contribution is 2.26. The molecule has 0 bridgehead atoms. The van der Waals surface area contributed by atoms with Crippen molar-refractivity contribution in [1.29, 1.82) is 0 Å². The number of benzene rings is 1. The van der Waals surface area contributed by atoms with E-state index in [1.165, 1.54) is 32.1 Å². The Hall–Kier alpha value is -0.480. The van der Waals surface area contributed by atoms with Crippen molar-refractivity contribution < 1.29 is 4.79 Å². The summed E-state index contributed by atoms with van der Waals surface area (Å²) in [5, 5.41) is 3.00. The molecule has 1 fully saturated rings. The average molecular weight is 342 g/mol. The monoisotopic (exact) mass is 341 g/mol. The number of carbonyl (C=O) groups excluding carboxylic acids is 1. The van der Waals surface area contributed by atoms with Crippen molar-refractivity contribution in [1.82, 2.24) is 5.32 Å². The Morgan fingerprint density at radius 2 is 2.05 bits per heavy atom. The van der Waals surface area contributed by atoms with E-state index < -0.39 is 0 Å². The van der Waals surface area contributed by atoms with E-state index in [0.717, 1.165) is 23.4 Å². The third-order valence-corrected chi connectivity index (χ3v) is 4.63. The van der Waals surface area contributed by atoms with Crippen LogP contribution in [0.4, 0.5) is 0 Å². The van der Waals surface area contributed by atoms with Crippen LogP contribution in [0.15, 0.2) is 27.6 Å². The molecule has 104 valence electrons. The Balaban J connectivity index is 1.80. The van der Waals surface area contributed by atoms with Gasteiger partial charge in [-0.05, 0) is 30.5 Å². The first-order chi connectivity index (χ1) is 9.16. The van der Waals surface area contributed by atoms with Crippen LogP contribution in [-0.2, 0) is 0 Å². The maximum absolute atomic E-state index is 12.0. The zero-order valence-electron chi connectivity index (χ0n) is 11.0. The number of nitrogens with one attached hydrogen (secondary N) is 1. The maximum atomic E-state index is 12.0. The molecule has 2 rings (SSSR count). The second-order valence-corrected chi connectivity index (χ2v) is 6.61. The summed E-state index contributed by atoms with van der Waals surface area (Å²) in [6, 6.07) is 5.53. The van der Waals surface area contributed by atoms with Crippen molar-refractivity contribution in [2.45, 2.75) is 43.4 Å². The summed E-state index contributed by atoms with van der Waals surface area (Å²) in [6.45, 7) is 0.771. The number of amides is 1. The number of carbonyl (C=O) groups is 1. The summed E-state index contributed by atoms with van der Waals surface area (Å²) in [4.78, 5) is 12.8. The van der Waals surface area contributed by atoms with Crippen LogP contribution in [0, 0.1) is 5.92 Å². The van der Waals surface area contributed by atoms with Gasteiger partial charge in [0.1, 0.15) is 0 Å². The maximum Gasteiger partial charge on any atom is 0.252 e. The van der Waals surface area contributed by atoms with Gasteiger partial charge >= 0.3 is 0 Å². The SMILES string of the molecule is O=C(NCCC1CCCCC1)c1ccc(Br)cc1S. The van der Waals surface area contributed by atoms with Crippen molar-refractivity contribution in [3.8, 4) is 0 Å². The molecular formula is C15H20BrNOS. The number of halogens is 1. The fourth-order valence-corrected chi connectivity index (χ4v) is 3.51. The number of hydrogen-bond acceptors (Lipinski definition) is 2. The van der Waals surface area contributed by atoms with E-state index in [9.17, 15) is 4.79 Å². The molecule has 1 saturated carbocycles. The lowest BCUT2D eigenvalue weighted by Gasteiger charge is -2.21. The van der Waals surface area contributed by atoms with Gasteiger partial charge in [0.2, 0.25) is 0 Å². The van der Waals surface area contributed by atoms with Gasteiger partial charge in [0, 0.05) is 15.9 Å². The molecule has 0 aromatic heterocycles. The van der Waals surface area contributed by atoms with Gasteiger partial charge in [-0.25, -0.2) is 0 Å². The molecule has 0 radical (unpaired) electrons. The Labute approximate surface area is 128 Å². The minimum atomic E-state index is -0.0201. The van der Waals surface area contributed by atoms with Crippen LogP contribution >= 0.6 is 28.6 Å². The molecular weight excluding hydrogens is 322 g/mol. The number of rotatable bonds is 4. The molecule has 1 aromatic carbocycles. The Morgan fingerprint density at radius 1 is 1.32 bits per heavy atom. The van der Waals surface area contributed by atoms with Crippen molar-refractivity contribution >= 4 is 34.5 Å². The number of hydrogen-bond donors (Lipinski definition) is 2. The van der Waals surface area contributed by atoms with Gasteiger partial charge < -0.3 is 5.32 Å². The molecule has 2 nitrogen and oxygen atoms in total. The van der Waals surface area contributed by atoms with E-state index in [0.29, 0.717) is 10.5 Å². The van der Waals surface area contributed by atoms with Gasteiger partial charge in [0.15, 0.2) is 0 Å². The molecule has 1 aliphatic rings. The lowest BCUT2D eigenvalue weighted by molar-refractivity contribution is 0.0947. The zero-order chi connectivity index (χ0) is 13.7. The molecule has 4 heteroatoms. The Bertz CT molecular complexity index is 444. The average Bonchev–Trinajstić information content (AvgIpc) is 2.39. The second-order valence-electron chi connectivity index (χ2n) is 5.21. The van der Waals surface area contributed by atoms with E-state index in [-0.39, 0.29) is 5.91 Å². The van der Waals surface area contributed by atoms with E-state index in [2.05, 4.69) is 33.9 Å². The smallest absolute Gasteiger partial charge is 0.252 e. The van der Waals surface area contributed by atoms with Crippen LogP contribution in [0.25, 0.3) is 0 Å². The van der Waals surface area contributed by atoms with Gasteiger partial charge in [-0.1, -0.05) is 48.0 Å². The standard InChI is InChI=1S/C15H20BrNOS/c16-12-6-7-13(14(19)10-12)15(18)17-9-8-11-4-2-1-3-5-11/h6-7,10-11,19H,1-5,8-9H2,(H,17,18). The normalized spacial score (nSPS) is 16.3. The summed E-state index contributed by atoms with van der Waals surface area (Å²) >= 11 is 7.71. The predicted molar refractivity (Wildman–Crippen MR) is 84.9 cm³/mol. The lowest BCUT2D eigenvalue weighted by atomic mass is 9.87. The summed E-state index contributed by atoms with van der Waals surface area (Å²) in [5.41, 5.74) is 0.648. The van der Waals surface area contributed by atoms with Gasteiger partial charge in [-0.2, -0.15) is 0 Å². The topological polar surface area (TPSA) is 29.1 Å². The van der Waals surface area contributed by atoms with Crippen LogP contribution in [-0.4, -0.2) is 12.5 Å². The van der Waals surface area contributed by atoms with Gasteiger partial charge in [-0.3, -0.25) is 4.79 Å². The van der Waals surface area contributed by atoms with Crippen LogP contribution < -0.4 is 5.32 Å². The van der Waals surface area contributed by atoms with E-state index in [1.54, 1.807) is 0 Å². The quantitative estimate of drug-likeness (QED) is 0.779. The summed E-state index contributed by atoms with van der Waals surface area (Å²) in [6.07, 6.45) is 7.84. The molecule has 0 spiro atoms. The van der Waals surface area contributed by atoms with Crippen LogP contribution in [0.3, 0.4) is 0 Å². The molecule has 0 heterocycles. The molecule has 0 unspecified atom stereocenters. The van der Waals surface area contributed by atoms with Gasteiger partial charge in [0.25, 0.3) is 5.91 Å². The minimum Gasteiger partial charge on any atom is -0.352 e. The third kappa shape index (κ3) is 4.53. The van der Waals surface area contributed by atoms with Crippen LogP contribution in [0.1, 0.15) is 48.9 Å². The highest BCUT2D eigenvalue weighted by molar-refractivity contribution is 9.10. The highest BCUT2D eigenvalue weighted by Gasteiger charge is 2.14. The summed E-state index contributed by atoms with van der Waals surface area (Å²) in [5.74, 6) is 0.780. The molecule has 1 amide bonds. The van der Waals surface area contributed by atoms with Gasteiger partial charge in [-0.15, -0.1) is 12.6 Å². The molecule has 19 heavy (non-hydrogen) atoms. The van der Waals surface area contributed by atoms with Crippen LogP contribution in [0.5, 0.6) is 0 Å². The predicted octanol–water partition coefficient (Wildman–Crippen LogP) is 4.44. The lowest BCUT2D eigenvalue weighted by Crippen LogP contribution is -2.26. The van der Waals surface area contributed by atoms with E-state index >= 15 is 0 Å². The summed E-state index contributed by atoms with van der Waals surface area (Å²) < 4.78 is 0.941. The van der Waals surface area contributed by atoms with Crippen molar-refractivity contribution in [3.05, 3.63) is 28.2 Å². The fourth-order valence-electron chi connectivity index (χ4n) is 2.66. The molecule has 1 aliphatic carbocycles. The first-order valence-corrected chi connectivity index (χ1v) is 8.17. The second kappa shape index (κ2) is 7.34. The number of thiol groups is 1. The molecule has 0 saturated heterocycles. The van der Waals surface area contributed by atoms with E-state index in [4.69, 9.17) is 0 Å². The first kappa shape index (κ1) is 14.9. The Morgan fingerprint density at radius 3 is 2.74 bits per heavy atom. The molecule has 1 aromatic rings. The molecule has 0 atom stereocenters. The minimum absolute atomic E-state index is 0.0201. The zero-order valence-corrected chi connectivity index (χ0v) is 13.5. The van der Waals surface area contributed by atoms with E-state index in [1.807, 2.05) is 18.2 Å². The fraction of sp³-hybridized carbons (Fsp3) is 0.533. The Kier molecular flexibility index (Phi) is 5.76. The largest absolute Gasteiger partial charge is 0.352 e. The third-order valence-electron chi connectivity index (χ3n) is 3.77. The van der Waals surface area contributed by atoms with Crippen LogP contribution in [0.2, 0.25) is 0 Å². The van der Waals surface area contributed by atoms with Crippen molar-refractivity contribution in [3.63, 3.8) is 0 Å². The van der Waals surface area contributed by atoms with Crippen molar-refractivity contribution in [2.24, 2.45) is 5.92 Å². The highest BCUT2D eigenvalue weighted by atomic mass is 79.9. The van der Waals surface area contributed by atoms with Gasteiger partial charge in [0.05, 0.1) is 5.56 Å². The van der Waals surface area contributed by atoms with Crippen molar-refractivity contribution in [2.75, 3.05) is 6.54 Å². The first-order valence-electron chi connectivity index (χ1n) is 6.93.